The average molecular weight is 317 g/mol. The highest BCUT2D eigenvalue weighted by atomic mass is 35.5. The van der Waals surface area contributed by atoms with Crippen LogP contribution in [0.5, 0.6) is 0 Å². The minimum absolute atomic E-state index is 0.110. The number of aromatic nitrogens is 2. The second kappa shape index (κ2) is 6.75. The number of piperidine rings is 1. The van der Waals surface area contributed by atoms with E-state index in [1.165, 1.54) is 0 Å². The summed E-state index contributed by atoms with van der Waals surface area (Å²) in [6.07, 6.45) is 6.80. The Morgan fingerprint density at radius 1 is 1.23 bits per heavy atom. The highest BCUT2D eigenvalue weighted by Gasteiger charge is 2.22. The Kier molecular flexibility index (Phi) is 4.53. The zero-order chi connectivity index (χ0) is 15.4. The fourth-order valence-electron chi connectivity index (χ4n) is 2.65. The number of pyridine rings is 2. The molecule has 1 fully saturated rings. The number of carbonyl (C=O) groups excluding carboxylic acids is 1. The molecule has 0 saturated carbocycles. The number of halogens is 1. The maximum absolute atomic E-state index is 12.1. The molecular formula is C16H17ClN4O. The van der Waals surface area contributed by atoms with Crippen LogP contribution in [0, 0.1) is 0 Å². The van der Waals surface area contributed by atoms with E-state index >= 15 is 0 Å². The SMILES string of the molecule is O=C(NC1CCN(c2ccncc2Cl)CC1)c1ccccn1. The molecular weight excluding hydrogens is 300 g/mol. The molecule has 1 N–H and O–H groups in total. The van der Waals surface area contributed by atoms with Crippen LogP contribution in [-0.2, 0) is 0 Å². The van der Waals surface area contributed by atoms with E-state index in [1.54, 1.807) is 30.7 Å². The largest absolute Gasteiger partial charge is 0.370 e. The lowest BCUT2D eigenvalue weighted by Gasteiger charge is -2.34. The predicted octanol–water partition coefficient (Wildman–Crippen LogP) is 2.53. The topological polar surface area (TPSA) is 58.1 Å². The number of hydrogen-bond donors (Lipinski definition) is 1. The molecule has 2 aromatic heterocycles. The van der Waals surface area contributed by atoms with Crippen LogP contribution in [0.25, 0.3) is 0 Å². The number of amides is 1. The van der Waals surface area contributed by atoms with Crippen molar-refractivity contribution in [2.24, 2.45) is 0 Å². The molecule has 114 valence electrons. The van der Waals surface area contributed by atoms with Crippen LogP contribution in [0.3, 0.4) is 0 Å². The van der Waals surface area contributed by atoms with Crippen molar-refractivity contribution >= 4 is 23.2 Å². The molecule has 22 heavy (non-hydrogen) atoms. The van der Waals surface area contributed by atoms with Crippen LogP contribution >= 0.6 is 11.6 Å². The van der Waals surface area contributed by atoms with Crippen molar-refractivity contribution in [3.05, 3.63) is 53.6 Å². The number of nitrogens with zero attached hydrogens (tertiary/aromatic N) is 3. The van der Waals surface area contributed by atoms with E-state index in [1.807, 2.05) is 12.1 Å². The zero-order valence-electron chi connectivity index (χ0n) is 12.1. The van der Waals surface area contributed by atoms with Gasteiger partial charge in [-0.15, -0.1) is 0 Å². The molecule has 0 radical (unpaired) electrons. The Hall–Kier alpha value is -2.14. The Morgan fingerprint density at radius 3 is 2.73 bits per heavy atom. The first kappa shape index (κ1) is 14.8. The number of carbonyl (C=O) groups is 1. The van der Waals surface area contributed by atoms with Crippen molar-refractivity contribution in [1.82, 2.24) is 15.3 Å². The highest BCUT2D eigenvalue weighted by molar-refractivity contribution is 6.33. The molecule has 1 aliphatic heterocycles. The first-order valence-electron chi connectivity index (χ1n) is 7.30. The van der Waals surface area contributed by atoms with E-state index in [2.05, 4.69) is 20.2 Å². The van der Waals surface area contributed by atoms with Crippen molar-refractivity contribution in [2.45, 2.75) is 18.9 Å². The molecule has 1 aliphatic rings. The number of hydrogen-bond acceptors (Lipinski definition) is 4. The van der Waals surface area contributed by atoms with Gasteiger partial charge in [-0.2, -0.15) is 0 Å². The smallest absolute Gasteiger partial charge is 0.270 e. The maximum Gasteiger partial charge on any atom is 0.270 e. The first-order chi connectivity index (χ1) is 10.7. The van der Waals surface area contributed by atoms with Crippen LogP contribution in [-0.4, -0.2) is 35.0 Å². The highest BCUT2D eigenvalue weighted by Crippen LogP contribution is 2.26. The van der Waals surface area contributed by atoms with Gasteiger partial charge in [0.1, 0.15) is 5.69 Å². The number of rotatable bonds is 3. The molecule has 3 rings (SSSR count). The number of nitrogens with one attached hydrogen (secondary N) is 1. The molecule has 0 spiro atoms. The second-order valence-corrected chi connectivity index (χ2v) is 5.68. The fraction of sp³-hybridized carbons (Fsp3) is 0.312. The molecule has 0 aliphatic carbocycles. The lowest BCUT2D eigenvalue weighted by Crippen LogP contribution is -2.45. The Labute approximate surface area is 134 Å². The van der Waals surface area contributed by atoms with Gasteiger partial charge in [0, 0.05) is 37.7 Å². The van der Waals surface area contributed by atoms with Crippen LogP contribution in [0.1, 0.15) is 23.3 Å². The molecule has 0 unspecified atom stereocenters. The van der Waals surface area contributed by atoms with Gasteiger partial charge >= 0.3 is 0 Å². The minimum Gasteiger partial charge on any atom is -0.370 e. The van der Waals surface area contributed by atoms with Gasteiger partial charge in [-0.05, 0) is 31.0 Å². The first-order valence-corrected chi connectivity index (χ1v) is 7.68. The molecule has 5 nitrogen and oxygen atoms in total. The summed E-state index contributed by atoms with van der Waals surface area (Å²) in [5, 5.41) is 3.71. The Morgan fingerprint density at radius 2 is 2.05 bits per heavy atom. The van der Waals surface area contributed by atoms with E-state index in [0.717, 1.165) is 31.6 Å². The van der Waals surface area contributed by atoms with Gasteiger partial charge in [0.05, 0.1) is 10.7 Å². The van der Waals surface area contributed by atoms with Crippen molar-refractivity contribution in [3.8, 4) is 0 Å². The molecule has 0 aromatic carbocycles. The van der Waals surface area contributed by atoms with Crippen molar-refractivity contribution in [1.29, 1.82) is 0 Å². The molecule has 1 amide bonds. The van der Waals surface area contributed by atoms with Crippen LogP contribution in [0.15, 0.2) is 42.9 Å². The molecule has 0 bridgehead atoms. The van der Waals surface area contributed by atoms with E-state index in [4.69, 9.17) is 11.6 Å². The van der Waals surface area contributed by atoms with E-state index in [0.29, 0.717) is 10.7 Å². The summed E-state index contributed by atoms with van der Waals surface area (Å²) < 4.78 is 0. The second-order valence-electron chi connectivity index (χ2n) is 5.28. The summed E-state index contributed by atoms with van der Waals surface area (Å²) in [6.45, 7) is 1.72. The monoisotopic (exact) mass is 316 g/mol. The zero-order valence-corrected chi connectivity index (χ0v) is 12.8. The van der Waals surface area contributed by atoms with Gasteiger partial charge in [-0.1, -0.05) is 17.7 Å². The summed E-state index contributed by atoms with van der Waals surface area (Å²) in [5.74, 6) is -0.110. The van der Waals surface area contributed by atoms with Gasteiger partial charge in [-0.25, -0.2) is 0 Å². The van der Waals surface area contributed by atoms with Gasteiger partial charge < -0.3 is 10.2 Å². The van der Waals surface area contributed by atoms with Crippen LogP contribution in [0.2, 0.25) is 5.02 Å². The Bertz CT molecular complexity index is 642. The lowest BCUT2D eigenvalue weighted by atomic mass is 10.0. The maximum atomic E-state index is 12.1. The summed E-state index contributed by atoms with van der Waals surface area (Å²) in [5.41, 5.74) is 1.47. The normalized spacial score (nSPS) is 15.6. The molecule has 0 atom stereocenters. The van der Waals surface area contributed by atoms with Gasteiger partial charge in [0.25, 0.3) is 5.91 Å². The van der Waals surface area contributed by atoms with E-state index in [9.17, 15) is 4.79 Å². The fourth-order valence-corrected chi connectivity index (χ4v) is 2.88. The van der Waals surface area contributed by atoms with Gasteiger partial charge in [-0.3, -0.25) is 14.8 Å². The lowest BCUT2D eigenvalue weighted by molar-refractivity contribution is 0.0926. The van der Waals surface area contributed by atoms with Gasteiger partial charge in [0.15, 0.2) is 0 Å². The molecule has 1 saturated heterocycles. The average Bonchev–Trinajstić information content (AvgIpc) is 2.57. The molecule has 6 heteroatoms. The van der Waals surface area contributed by atoms with Crippen molar-refractivity contribution in [3.63, 3.8) is 0 Å². The third kappa shape index (κ3) is 3.36. The third-order valence-electron chi connectivity index (χ3n) is 3.82. The molecule has 2 aromatic rings. The van der Waals surface area contributed by atoms with Crippen molar-refractivity contribution in [2.75, 3.05) is 18.0 Å². The summed E-state index contributed by atoms with van der Waals surface area (Å²) >= 11 is 6.18. The summed E-state index contributed by atoms with van der Waals surface area (Å²) in [7, 11) is 0. The van der Waals surface area contributed by atoms with Gasteiger partial charge in [0.2, 0.25) is 0 Å². The van der Waals surface area contributed by atoms with Crippen LogP contribution < -0.4 is 10.2 Å². The van der Waals surface area contributed by atoms with Crippen LogP contribution in [0.4, 0.5) is 5.69 Å². The minimum atomic E-state index is -0.110. The third-order valence-corrected chi connectivity index (χ3v) is 4.11. The van der Waals surface area contributed by atoms with E-state index in [-0.39, 0.29) is 11.9 Å². The van der Waals surface area contributed by atoms with Crippen molar-refractivity contribution < 1.29 is 4.79 Å². The number of anilines is 1. The summed E-state index contributed by atoms with van der Waals surface area (Å²) in [6, 6.07) is 7.44. The molecule has 3 heterocycles. The standard InChI is InChI=1S/C16H17ClN4O/c17-13-11-18-8-4-15(13)21-9-5-12(6-10-21)20-16(22)14-3-1-2-7-19-14/h1-4,7-8,11-12H,5-6,9-10H2,(H,20,22). The van der Waals surface area contributed by atoms with E-state index < -0.39 is 0 Å². The Balaban J connectivity index is 1.56. The quantitative estimate of drug-likeness (QED) is 0.945. The summed E-state index contributed by atoms with van der Waals surface area (Å²) in [4.78, 5) is 22.4. The predicted molar refractivity (Wildman–Crippen MR) is 86.2 cm³/mol.